The van der Waals surface area contributed by atoms with Gasteiger partial charge in [-0.3, -0.25) is 0 Å². The molecule has 0 aliphatic carbocycles. The molecule has 0 atom stereocenters. The Bertz CT molecular complexity index is 896. The van der Waals surface area contributed by atoms with Crippen molar-refractivity contribution in [2.45, 2.75) is 0 Å². The van der Waals surface area contributed by atoms with Crippen LogP contribution in [0.25, 0.3) is 16.8 Å². The second-order valence-corrected chi connectivity index (χ2v) is 6.67. The van der Waals surface area contributed by atoms with Crippen LogP contribution in [0, 0.1) is 0 Å². The molecule has 3 aromatic carbocycles. The van der Waals surface area contributed by atoms with E-state index >= 15 is 0 Å². The summed E-state index contributed by atoms with van der Waals surface area (Å²) in [6.07, 6.45) is 3.22. The van der Waals surface area contributed by atoms with Crippen molar-refractivity contribution >= 4 is 54.7 Å². The van der Waals surface area contributed by atoms with Crippen molar-refractivity contribution in [2.75, 3.05) is 0 Å². The summed E-state index contributed by atoms with van der Waals surface area (Å²) in [5, 5.41) is 2.24. The first kappa shape index (κ1) is 16.0. The Kier molecular flexibility index (Phi) is 4.94. The maximum Gasteiger partial charge on any atom is 0.336 e. The Morgan fingerprint density at radius 2 is 1.74 bits per heavy atom. The molecule has 0 aromatic heterocycles. The topological polar surface area (TPSA) is 26.3 Å². The molecule has 4 heteroatoms. The lowest BCUT2D eigenvalue weighted by molar-refractivity contribution is -0.128. The van der Waals surface area contributed by atoms with E-state index in [1.165, 1.54) is 6.08 Å². The number of carbonyl (C=O) groups is 1. The summed E-state index contributed by atoms with van der Waals surface area (Å²) in [6.45, 7) is 0. The third kappa shape index (κ3) is 3.89. The zero-order valence-electron chi connectivity index (χ0n) is 12.0. The minimum absolute atomic E-state index is 0.416. The first-order valence-electron chi connectivity index (χ1n) is 6.96. The van der Waals surface area contributed by atoms with Crippen molar-refractivity contribution in [1.82, 2.24) is 0 Å². The SMILES string of the molecule is O=C(C=Cc1cccc2ccccc12)Oc1ccc(Br)cc1Br. The van der Waals surface area contributed by atoms with Crippen LogP contribution in [0.4, 0.5) is 0 Å². The van der Waals surface area contributed by atoms with E-state index in [2.05, 4.69) is 31.9 Å². The molecule has 0 N–H and O–H groups in total. The molecule has 0 fully saturated rings. The number of fused-ring (bicyclic) bond motifs is 1. The number of rotatable bonds is 3. The van der Waals surface area contributed by atoms with Gasteiger partial charge in [0, 0.05) is 10.5 Å². The summed E-state index contributed by atoms with van der Waals surface area (Å²) in [7, 11) is 0. The van der Waals surface area contributed by atoms with Crippen LogP contribution in [0.3, 0.4) is 0 Å². The Labute approximate surface area is 151 Å². The van der Waals surface area contributed by atoms with E-state index in [4.69, 9.17) is 4.74 Å². The number of hydrogen-bond donors (Lipinski definition) is 0. The van der Waals surface area contributed by atoms with Crippen LogP contribution in [0.1, 0.15) is 5.56 Å². The highest BCUT2D eigenvalue weighted by molar-refractivity contribution is 9.11. The van der Waals surface area contributed by atoms with Gasteiger partial charge in [0.1, 0.15) is 5.75 Å². The van der Waals surface area contributed by atoms with E-state index < -0.39 is 5.97 Å². The molecule has 3 aromatic rings. The lowest BCUT2D eigenvalue weighted by Gasteiger charge is -2.05. The monoisotopic (exact) mass is 430 g/mol. The van der Waals surface area contributed by atoms with Gasteiger partial charge in [0.2, 0.25) is 0 Å². The Balaban J connectivity index is 1.80. The van der Waals surface area contributed by atoms with Gasteiger partial charge in [-0.2, -0.15) is 0 Å². The van der Waals surface area contributed by atoms with Gasteiger partial charge in [-0.05, 0) is 56.5 Å². The number of esters is 1. The van der Waals surface area contributed by atoms with E-state index in [1.54, 1.807) is 12.1 Å². The highest BCUT2D eigenvalue weighted by Crippen LogP contribution is 2.28. The van der Waals surface area contributed by atoms with Gasteiger partial charge in [-0.1, -0.05) is 58.4 Å². The third-order valence-corrected chi connectivity index (χ3v) is 4.44. The Morgan fingerprint density at radius 1 is 0.957 bits per heavy atom. The number of hydrogen-bond acceptors (Lipinski definition) is 2. The summed E-state index contributed by atoms with van der Waals surface area (Å²) < 4.78 is 6.97. The predicted molar refractivity (Wildman–Crippen MR) is 100 cm³/mol. The summed E-state index contributed by atoms with van der Waals surface area (Å²) in [5.41, 5.74) is 0.981. The smallest absolute Gasteiger partial charge is 0.336 e. The Hall–Kier alpha value is -1.91. The van der Waals surface area contributed by atoms with Crippen LogP contribution in [-0.2, 0) is 4.79 Å². The highest BCUT2D eigenvalue weighted by Gasteiger charge is 2.06. The van der Waals surface area contributed by atoms with Gasteiger partial charge in [0.15, 0.2) is 0 Å². The second kappa shape index (κ2) is 7.11. The molecule has 0 amide bonds. The summed E-state index contributed by atoms with van der Waals surface area (Å²) in [5.74, 6) is 0.0710. The van der Waals surface area contributed by atoms with E-state index in [0.717, 1.165) is 25.3 Å². The van der Waals surface area contributed by atoms with Crippen molar-refractivity contribution in [3.8, 4) is 5.75 Å². The minimum atomic E-state index is -0.416. The van der Waals surface area contributed by atoms with Crippen LogP contribution in [0.15, 0.2) is 75.7 Å². The molecule has 0 unspecified atom stereocenters. The summed E-state index contributed by atoms with van der Waals surface area (Å²) >= 11 is 6.74. The summed E-state index contributed by atoms with van der Waals surface area (Å²) in [4.78, 5) is 12.0. The normalized spacial score (nSPS) is 11.0. The fraction of sp³-hybridized carbons (Fsp3) is 0. The molecule has 0 saturated heterocycles. The minimum Gasteiger partial charge on any atom is -0.422 e. The van der Waals surface area contributed by atoms with Gasteiger partial charge in [-0.15, -0.1) is 0 Å². The van der Waals surface area contributed by atoms with E-state index in [-0.39, 0.29) is 0 Å². The molecular formula is C19H12Br2O2. The number of carbonyl (C=O) groups excluding carboxylic acids is 1. The molecule has 114 valence electrons. The van der Waals surface area contributed by atoms with Gasteiger partial charge in [-0.25, -0.2) is 4.79 Å². The average molecular weight is 432 g/mol. The number of ether oxygens (including phenoxy) is 1. The van der Waals surface area contributed by atoms with Gasteiger partial charge in [0.25, 0.3) is 0 Å². The van der Waals surface area contributed by atoms with Gasteiger partial charge in [0.05, 0.1) is 4.47 Å². The second-order valence-electron chi connectivity index (χ2n) is 4.90. The maximum absolute atomic E-state index is 12.0. The maximum atomic E-state index is 12.0. The van der Waals surface area contributed by atoms with Crippen molar-refractivity contribution < 1.29 is 9.53 Å². The molecule has 2 nitrogen and oxygen atoms in total. The standard InChI is InChI=1S/C19H12Br2O2/c20-15-9-10-18(17(21)12-15)23-19(22)11-8-14-6-3-5-13-4-1-2-7-16(13)14/h1-12H. The van der Waals surface area contributed by atoms with Crippen LogP contribution < -0.4 is 4.74 Å². The molecule has 0 bridgehead atoms. The van der Waals surface area contributed by atoms with E-state index in [1.807, 2.05) is 54.6 Å². The van der Waals surface area contributed by atoms with Gasteiger partial charge >= 0.3 is 5.97 Å². The molecule has 3 rings (SSSR count). The Morgan fingerprint density at radius 3 is 2.57 bits per heavy atom. The molecule has 0 aliphatic heterocycles. The van der Waals surface area contributed by atoms with Crippen LogP contribution in [-0.4, -0.2) is 5.97 Å². The van der Waals surface area contributed by atoms with Crippen LogP contribution in [0.5, 0.6) is 5.75 Å². The zero-order valence-corrected chi connectivity index (χ0v) is 15.2. The molecular weight excluding hydrogens is 420 g/mol. The van der Waals surface area contributed by atoms with Crippen molar-refractivity contribution in [3.63, 3.8) is 0 Å². The zero-order chi connectivity index (χ0) is 16.2. The van der Waals surface area contributed by atoms with Crippen molar-refractivity contribution in [3.05, 3.63) is 81.2 Å². The predicted octanol–water partition coefficient (Wildman–Crippen LogP) is 5.98. The molecule has 23 heavy (non-hydrogen) atoms. The largest absolute Gasteiger partial charge is 0.422 e. The lowest BCUT2D eigenvalue weighted by atomic mass is 10.0. The third-order valence-electron chi connectivity index (χ3n) is 3.33. The van der Waals surface area contributed by atoms with Crippen LogP contribution >= 0.6 is 31.9 Å². The first-order chi connectivity index (χ1) is 11.1. The van der Waals surface area contributed by atoms with Gasteiger partial charge < -0.3 is 4.74 Å². The number of benzene rings is 3. The molecule has 0 saturated carbocycles. The van der Waals surface area contributed by atoms with Crippen molar-refractivity contribution in [2.24, 2.45) is 0 Å². The molecule has 0 aliphatic rings. The summed E-state index contributed by atoms with van der Waals surface area (Å²) in [6, 6.07) is 19.4. The molecule has 0 radical (unpaired) electrons. The molecule has 0 heterocycles. The number of halogens is 2. The quantitative estimate of drug-likeness (QED) is 0.289. The highest BCUT2D eigenvalue weighted by atomic mass is 79.9. The van der Waals surface area contributed by atoms with E-state index in [9.17, 15) is 4.79 Å². The fourth-order valence-corrected chi connectivity index (χ4v) is 3.38. The lowest BCUT2D eigenvalue weighted by Crippen LogP contribution is -2.04. The van der Waals surface area contributed by atoms with E-state index in [0.29, 0.717) is 5.75 Å². The van der Waals surface area contributed by atoms with Crippen molar-refractivity contribution in [1.29, 1.82) is 0 Å². The first-order valence-corrected chi connectivity index (χ1v) is 8.55. The average Bonchev–Trinajstić information content (AvgIpc) is 2.55. The molecule has 0 spiro atoms. The fourth-order valence-electron chi connectivity index (χ4n) is 2.25. The van der Waals surface area contributed by atoms with Crippen LogP contribution in [0.2, 0.25) is 0 Å².